The number of pyridine rings is 1. The molecule has 2 aromatic rings. The number of rotatable bonds is 6. The average molecular weight is 454 g/mol. The summed E-state index contributed by atoms with van der Waals surface area (Å²) in [4.78, 5) is 9.60. The fourth-order valence-corrected chi connectivity index (χ4v) is 6.22. The lowest BCUT2D eigenvalue weighted by molar-refractivity contribution is 0.0350. The number of hydrogen-bond donors (Lipinski definition) is 1. The molecule has 2 saturated heterocycles. The Labute approximate surface area is 196 Å². The molecular weight excluding hydrogens is 418 g/mol. The van der Waals surface area contributed by atoms with Crippen LogP contribution in [0.4, 0.5) is 0 Å². The van der Waals surface area contributed by atoms with Crippen molar-refractivity contribution >= 4 is 17.3 Å². The minimum Gasteiger partial charge on any atom is -0.379 e. The average Bonchev–Trinajstić information content (AvgIpc) is 3.52. The van der Waals surface area contributed by atoms with Crippen molar-refractivity contribution in [3.63, 3.8) is 0 Å². The maximum atomic E-state index is 5.89. The van der Waals surface area contributed by atoms with E-state index in [2.05, 4.69) is 51.7 Å². The molecule has 2 atom stereocenters. The summed E-state index contributed by atoms with van der Waals surface area (Å²) in [6.07, 6.45) is 7.15. The van der Waals surface area contributed by atoms with Crippen LogP contribution < -0.4 is 5.32 Å². The summed E-state index contributed by atoms with van der Waals surface area (Å²) in [5.74, 6) is 0. The lowest BCUT2D eigenvalue weighted by atomic mass is 9.96. The SMILES string of the molecule is Cc1cc([C@H]2[C@@H](c3ccccn3)NC(=S)N2CCN2CCOCC2)c(C)n1C1CCCC1. The molecule has 0 radical (unpaired) electrons. The van der Waals surface area contributed by atoms with E-state index in [9.17, 15) is 0 Å². The molecule has 6 nitrogen and oxygen atoms in total. The molecule has 1 N–H and O–H groups in total. The maximum absolute atomic E-state index is 5.89. The van der Waals surface area contributed by atoms with Crippen molar-refractivity contribution in [1.82, 2.24) is 24.7 Å². The van der Waals surface area contributed by atoms with E-state index in [4.69, 9.17) is 21.9 Å². The Bertz CT molecular complexity index is 933. The molecule has 2 aliphatic heterocycles. The molecular formula is C25H35N5OS. The van der Waals surface area contributed by atoms with Gasteiger partial charge in [-0.2, -0.15) is 0 Å². The van der Waals surface area contributed by atoms with E-state index < -0.39 is 0 Å². The first-order chi connectivity index (χ1) is 15.6. The zero-order valence-corrected chi connectivity index (χ0v) is 20.1. The van der Waals surface area contributed by atoms with E-state index in [1.54, 1.807) is 0 Å². The summed E-state index contributed by atoms with van der Waals surface area (Å²) in [7, 11) is 0. The van der Waals surface area contributed by atoms with Crippen LogP contribution in [0.15, 0.2) is 30.5 Å². The van der Waals surface area contributed by atoms with Crippen LogP contribution in [0.5, 0.6) is 0 Å². The molecule has 0 aromatic carbocycles. The van der Waals surface area contributed by atoms with Gasteiger partial charge in [0.05, 0.1) is 31.0 Å². The fraction of sp³-hybridized carbons (Fsp3) is 0.600. The lowest BCUT2D eigenvalue weighted by Gasteiger charge is -2.32. The van der Waals surface area contributed by atoms with E-state index in [-0.39, 0.29) is 12.1 Å². The van der Waals surface area contributed by atoms with Crippen LogP contribution in [-0.4, -0.2) is 63.9 Å². The van der Waals surface area contributed by atoms with E-state index in [0.29, 0.717) is 6.04 Å². The van der Waals surface area contributed by atoms with Crippen LogP contribution in [0.3, 0.4) is 0 Å². The molecule has 7 heteroatoms. The second kappa shape index (κ2) is 9.49. The molecule has 32 heavy (non-hydrogen) atoms. The Morgan fingerprint density at radius 3 is 2.62 bits per heavy atom. The molecule has 0 spiro atoms. The largest absolute Gasteiger partial charge is 0.379 e. The predicted molar refractivity (Wildman–Crippen MR) is 131 cm³/mol. The Balaban J connectivity index is 1.48. The Morgan fingerprint density at radius 2 is 1.91 bits per heavy atom. The van der Waals surface area contributed by atoms with Crippen molar-refractivity contribution in [2.45, 2.75) is 57.7 Å². The van der Waals surface area contributed by atoms with E-state index in [1.807, 2.05) is 12.3 Å². The van der Waals surface area contributed by atoms with Crippen molar-refractivity contribution < 1.29 is 4.74 Å². The highest BCUT2D eigenvalue weighted by atomic mass is 32.1. The number of thiocarbonyl (C=S) groups is 1. The fourth-order valence-electron chi connectivity index (χ4n) is 5.89. The Kier molecular flexibility index (Phi) is 6.49. The summed E-state index contributed by atoms with van der Waals surface area (Å²) >= 11 is 5.89. The van der Waals surface area contributed by atoms with Gasteiger partial charge in [-0.15, -0.1) is 0 Å². The van der Waals surface area contributed by atoms with Gasteiger partial charge in [0.25, 0.3) is 0 Å². The monoisotopic (exact) mass is 453 g/mol. The third-order valence-electron chi connectivity index (χ3n) is 7.49. The van der Waals surface area contributed by atoms with Crippen molar-refractivity contribution in [2.75, 3.05) is 39.4 Å². The molecule has 5 rings (SSSR count). The molecule has 0 bridgehead atoms. The van der Waals surface area contributed by atoms with E-state index in [0.717, 1.165) is 50.2 Å². The van der Waals surface area contributed by atoms with Crippen LogP contribution >= 0.6 is 12.2 Å². The highest BCUT2D eigenvalue weighted by molar-refractivity contribution is 7.80. The van der Waals surface area contributed by atoms with Crippen LogP contribution in [0.1, 0.15) is 66.5 Å². The second-order valence-electron chi connectivity index (χ2n) is 9.41. The van der Waals surface area contributed by atoms with Gasteiger partial charge < -0.3 is 19.5 Å². The number of aromatic nitrogens is 2. The second-order valence-corrected chi connectivity index (χ2v) is 9.80. The first kappa shape index (κ1) is 21.9. The number of ether oxygens (including phenoxy) is 1. The third kappa shape index (κ3) is 4.18. The van der Waals surface area contributed by atoms with Crippen LogP contribution in [-0.2, 0) is 4.74 Å². The smallest absolute Gasteiger partial charge is 0.170 e. The molecule has 4 heterocycles. The van der Waals surface area contributed by atoms with Gasteiger partial charge in [0.1, 0.15) is 0 Å². The topological polar surface area (TPSA) is 45.6 Å². The van der Waals surface area contributed by atoms with Gasteiger partial charge in [0, 0.05) is 49.8 Å². The molecule has 2 aromatic heterocycles. The van der Waals surface area contributed by atoms with Gasteiger partial charge >= 0.3 is 0 Å². The Hall–Kier alpha value is -1.96. The van der Waals surface area contributed by atoms with Crippen LogP contribution in [0.25, 0.3) is 0 Å². The van der Waals surface area contributed by atoms with Gasteiger partial charge in [-0.3, -0.25) is 9.88 Å². The maximum Gasteiger partial charge on any atom is 0.170 e. The Morgan fingerprint density at radius 1 is 1.12 bits per heavy atom. The molecule has 0 amide bonds. The highest BCUT2D eigenvalue weighted by Gasteiger charge is 2.41. The minimum absolute atomic E-state index is 0.0610. The van der Waals surface area contributed by atoms with Crippen molar-refractivity contribution in [3.8, 4) is 0 Å². The molecule has 3 aliphatic rings. The van der Waals surface area contributed by atoms with Crippen molar-refractivity contribution in [3.05, 3.63) is 53.1 Å². The van der Waals surface area contributed by atoms with Gasteiger partial charge in [0.2, 0.25) is 0 Å². The number of morpholine rings is 1. The molecule has 1 saturated carbocycles. The molecule has 0 unspecified atom stereocenters. The summed E-state index contributed by atoms with van der Waals surface area (Å²) in [5, 5.41) is 4.46. The summed E-state index contributed by atoms with van der Waals surface area (Å²) < 4.78 is 8.13. The number of hydrogen-bond acceptors (Lipinski definition) is 4. The van der Waals surface area contributed by atoms with Gasteiger partial charge in [-0.05, 0) is 62.7 Å². The van der Waals surface area contributed by atoms with Crippen molar-refractivity contribution in [1.29, 1.82) is 0 Å². The summed E-state index contributed by atoms with van der Waals surface area (Å²) in [6, 6.07) is 9.43. The normalized spacial score (nSPS) is 24.9. The first-order valence-electron chi connectivity index (χ1n) is 12.1. The zero-order chi connectivity index (χ0) is 22.1. The highest BCUT2D eigenvalue weighted by Crippen LogP contribution is 2.42. The predicted octanol–water partition coefficient (Wildman–Crippen LogP) is 3.92. The minimum atomic E-state index is 0.0610. The summed E-state index contributed by atoms with van der Waals surface area (Å²) in [5.41, 5.74) is 5.21. The van der Waals surface area contributed by atoms with E-state index >= 15 is 0 Å². The number of nitrogens with one attached hydrogen (secondary N) is 1. The lowest BCUT2D eigenvalue weighted by Crippen LogP contribution is -2.42. The van der Waals surface area contributed by atoms with Crippen LogP contribution in [0.2, 0.25) is 0 Å². The summed E-state index contributed by atoms with van der Waals surface area (Å²) in [6.45, 7) is 10.1. The molecule has 1 aliphatic carbocycles. The van der Waals surface area contributed by atoms with Crippen LogP contribution in [0, 0.1) is 13.8 Å². The van der Waals surface area contributed by atoms with Crippen molar-refractivity contribution in [2.24, 2.45) is 0 Å². The first-order valence-corrected chi connectivity index (χ1v) is 12.5. The molecule has 3 fully saturated rings. The van der Waals surface area contributed by atoms with Gasteiger partial charge in [-0.25, -0.2) is 0 Å². The zero-order valence-electron chi connectivity index (χ0n) is 19.3. The standard InChI is InChI=1S/C25H35N5OS/c1-18-17-21(19(2)30(18)20-7-3-4-8-20)24-23(22-9-5-6-10-26-22)27-25(32)29(24)12-11-28-13-15-31-16-14-28/h5-6,9-10,17,20,23-24H,3-4,7-8,11-16H2,1-2H3,(H,27,32)/t23-,24+/m1/s1. The third-order valence-corrected chi connectivity index (χ3v) is 7.84. The number of aryl methyl sites for hydroxylation is 1. The quantitative estimate of drug-likeness (QED) is 0.669. The molecule has 172 valence electrons. The van der Waals surface area contributed by atoms with E-state index in [1.165, 1.54) is 42.6 Å². The van der Waals surface area contributed by atoms with Gasteiger partial charge in [0.15, 0.2) is 5.11 Å². The number of nitrogens with zero attached hydrogens (tertiary/aromatic N) is 4. The van der Waals surface area contributed by atoms with Gasteiger partial charge in [-0.1, -0.05) is 18.9 Å².